The van der Waals surface area contributed by atoms with E-state index in [2.05, 4.69) is 0 Å². The molecular weight excluding hydrogens is 294 g/mol. The highest BCUT2D eigenvalue weighted by molar-refractivity contribution is 8.01. The van der Waals surface area contributed by atoms with E-state index < -0.39 is 16.8 Å². The predicted octanol–water partition coefficient (Wildman–Crippen LogP) is 2.54. The standard InChI is InChI=1S/C14H17NO3S2/c1-14(5-2-7-20-14)13(18)15-6-3-10-9(4-8-19-10)11(15)12(16)17/h4,8,11H,2-3,5-7H2,1H3,(H,16,17). The molecule has 1 aromatic rings. The number of nitrogens with zero attached hydrogens (tertiary/aromatic N) is 1. The Morgan fingerprint density at radius 3 is 2.95 bits per heavy atom. The molecule has 1 amide bonds. The number of thiophene rings is 1. The molecule has 20 heavy (non-hydrogen) atoms. The van der Waals surface area contributed by atoms with Crippen molar-refractivity contribution in [3.63, 3.8) is 0 Å². The molecular formula is C14H17NO3S2. The minimum atomic E-state index is -0.927. The zero-order valence-corrected chi connectivity index (χ0v) is 12.9. The Kier molecular flexibility index (Phi) is 3.54. The summed E-state index contributed by atoms with van der Waals surface area (Å²) in [6.07, 6.45) is 2.64. The number of amides is 1. The van der Waals surface area contributed by atoms with Gasteiger partial charge < -0.3 is 10.0 Å². The largest absolute Gasteiger partial charge is 0.479 e. The van der Waals surface area contributed by atoms with Crippen LogP contribution < -0.4 is 0 Å². The summed E-state index contributed by atoms with van der Waals surface area (Å²) in [7, 11) is 0. The molecule has 2 aliphatic heterocycles. The third-order valence-electron chi connectivity index (χ3n) is 4.13. The molecule has 1 aromatic heterocycles. The first kappa shape index (κ1) is 13.9. The van der Waals surface area contributed by atoms with Crippen LogP contribution in [0.5, 0.6) is 0 Å². The van der Waals surface area contributed by atoms with Gasteiger partial charge in [-0.25, -0.2) is 4.79 Å². The minimum Gasteiger partial charge on any atom is -0.479 e. The molecule has 6 heteroatoms. The molecule has 0 aromatic carbocycles. The summed E-state index contributed by atoms with van der Waals surface area (Å²) < 4.78 is -0.443. The van der Waals surface area contributed by atoms with E-state index in [1.54, 1.807) is 28.0 Å². The van der Waals surface area contributed by atoms with Crippen LogP contribution >= 0.6 is 23.1 Å². The summed E-state index contributed by atoms with van der Waals surface area (Å²) >= 11 is 3.25. The lowest BCUT2D eigenvalue weighted by atomic mass is 9.96. The van der Waals surface area contributed by atoms with Crippen LogP contribution in [0.3, 0.4) is 0 Å². The summed E-state index contributed by atoms with van der Waals surface area (Å²) in [5.74, 6) is 0.0471. The van der Waals surface area contributed by atoms with Gasteiger partial charge in [0.1, 0.15) is 0 Å². The highest BCUT2D eigenvalue weighted by Gasteiger charge is 2.45. The zero-order valence-electron chi connectivity index (χ0n) is 11.3. The van der Waals surface area contributed by atoms with Crippen molar-refractivity contribution in [1.29, 1.82) is 0 Å². The molecule has 0 saturated carbocycles. The van der Waals surface area contributed by atoms with Gasteiger partial charge in [-0.05, 0) is 48.9 Å². The molecule has 2 aliphatic rings. The van der Waals surface area contributed by atoms with Crippen LogP contribution in [0.25, 0.3) is 0 Å². The minimum absolute atomic E-state index is 0.00995. The first-order chi connectivity index (χ1) is 9.53. The van der Waals surface area contributed by atoms with Crippen molar-refractivity contribution in [2.75, 3.05) is 12.3 Å². The van der Waals surface area contributed by atoms with Crippen molar-refractivity contribution in [3.8, 4) is 0 Å². The fourth-order valence-electron chi connectivity index (χ4n) is 3.05. The predicted molar refractivity (Wildman–Crippen MR) is 80.2 cm³/mol. The number of carbonyl (C=O) groups excluding carboxylic acids is 1. The van der Waals surface area contributed by atoms with Gasteiger partial charge >= 0.3 is 5.97 Å². The molecule has 2 unspecified atom stereocenters. The molecule has 4 nitrogen and oxygen atoms in total. The smallest absolute Gasteiger partial charge is 0.331 e. The number of hydrogen-bond donors (Lipinski definition) is 1. The lowest BCUT2D eigenvalue weighted by Gasteiger charge is -2.37. The molecule has 0 bridgehead atoms. The average Bonchev–Trinajstić information content (AvgIpc) is 3.05. The SMILES string of the molecule is CC1(C(=O)N2CCc3sccc3C2C(=O)O)CCCS1. The van der Waals surface area contributed by atoms with E-state index in [4.69, 9.17) is 0 Å². The van der Waals surface area contributed by atoms with Gasteiger partial charge in [0.05, 0.1) is 4.75 Å². The van der Waals surface area contributed by atoms with Crippen LogP contribution in [-0.4, -0.2) is 38.9 Å². The summed E-state index contributed by atoms with van der Waals surface area (Å²) in [5, 5.41) is 11.5. The molecule has 3 rings (SSSR count). The maximum atomic E-state index is 12.8. The number of rotatable bonds is 2. The number of hydrogen-bond acceptors (Lipinski definition) is 4. The van der Waals surface area contributed by atoms with Crippen LogP contribution in [0.4, 0.5) is 0 Å². The quantitative estimate of drug-likeness (QED) is 0.912. The van der Waals surface area contributed by atoms with Crippen molar-refractivity contribution < 1.29 is 14.7 Å². The third kappa shape index (κ3) is 2.15. The van der Waals surface area contributed by atoms with Crippen LogP contribution in [0.15, 0.2) is 11.4 Å². The van der Waals surface area contributed by atoms with E-state index >= 15 is 0 Å². The van der Waals surface area contributed by atoms with Crippen LogP contribution in [0.2, 0.25) is 0 Å². The molecule has 1 saturated heterocycles. The first-order valence-electron chi connectivity index (χ1n) is 6.77. The van der Waals surface area contributed by atoms with Gasteiger partial charge in [-0.2, -0.15) is 0 Å². The van der Waals surface area contributed by atoms with Gasteiger partial charge in [-0.15, -0.1) is 23.1 Å². The number of aliphatic carboxylic acids is 1. The Morgan fingerprint density at radius 1 is 1.50 bits per heavy atom. The molecule has 1 fully saturated rings. The normalized spacial score (nSPS) is 29.2. The van der Waals surface area contributed by atoms with E-state index in [9.17, 15) is 14.7 Å². The lowest BCUT2D eigenvalue weighted by Crippen LogP contribution is -2.50. The molecule has 0 aliphatic carbocycles. The van der Waals surface area contributed by atoms with Crippen molar-refractivity contribution in [1.82, 2.24) is 4.90 Å². The fraction of sp³-hybridized carbons (Fsp3) is 0.571. The Hall–Kier alpha value is -1.01. The molecule has 108 valence electrons. The van der Waals surface area contributed by atoms with Gasteiger partial charge in [-0.1, -0.05) is 0 Å². The van der Waals surface area contributed by atoms with E-state index in [0.29, 0.717) is 6.54 Å². The van der Waals surface area contributed by atoms with E-state index in [0.717, 1.165) is 35.5 Å². The highest BCUT2D eigenvalue weighted by Crippen LogP contribution is 2.42. The first-order valence-corrected chi connectivity index (χ1v) is 8.63. The van der Waals surface area contributed by atoms with E-state index in [1.807, 2.05) is 18.4 Å². The van der Waals surface area contributed by atoms with Crippen LogP contribution in [0, 0.1) is 0 Å². The Bertz CT molecular complexity index is 548. The third-order valence-corrected chi connectivity index (χ3v) is 6.64. The number of carboxylic acids is 1. The van der Waals surface area contributed by atoms with E-state index in [-0.39, 0.29) is 5.91 Å². The summed E-state index contributed by atoms with van der Waals surface area (Å²) in [5.41, 5.74) is 0.800. The van der Waals surface area contributed by atoms with Gasteiger partial charge in [-0.3, -0.25) is 4.79 Å². The van der Waals surface area contributed by atoms with Crippen molar-refractivity contribution in [3.05, 3.63) is 21.9 Å². The number of carbonyl (C=O) groups is 2. The van der Waals surface area contributed by atoms with Crippen molar-refractivity contribution in [2.24, 2.45) is 0 Å². The Balaban J connectivity index is 1.93. The lowest BCUT2D eigenvalue weighted by molar-refractivity contribution is -0.152. The zero-order chi connectivity index (χ0) is 14.3. The number of thioether (sulfide) groups is 1. The van der Waals surface area contributed by atoms with Crippen molar-refractivity contribution in [2.45, 2.75) is 37.0 Å². The van der Waals surface area contributed by atoms with E-state index in [1.165, 1.54) is 0 Å². The monoisotopic (exact) mass is 311 g/mol. The summed E-state index contributed by atoms with van der Waals surface area (Å²) in [6, 6.07) is 1.04. The number of carboxylic acid groups (broad SMARTS) is 1. The summed E-state index contributed by atoms with van der Waals surface area (Å²) in [4.78, 5) is 27.1. The maximum Gasteiger partial charge on any atom is 0.331 e. The van der Waals surface area contributed by atoms with Gasteiger partial charge in [0.25, 0.3) is 0 Å². The second-order valence-corrected chi connectivity index (χ2v) is 8.07. The fourth-order valence-corrected chi connectivity index (χ4v) is 5.23. The highest BCUT2D eigenvalue weighted by atomic mass is 32.2. The molecule has 0 spiro atoms. The summed E-state index contributed by atoms with van der Waals surface area (Å²) in [6.45, 7) is 2.47. The molecule has 0 radical (unpaired) electrons. The van der Waals surface area contributed by atoms with Crippen LogP contribution in [0.1, 0.15) is 36.2 Å². The van der Waals surface area contributed by atoms with Gasteiger partial charge in [0, 0.05) is 11.4 Å². The van der Waals surface area contributed by atoms with Gasteiger partial charge in [0.2, 0.25) is 5.91 Å². The molecule has 2 atom stereocenters. The van der Waals surface area contributed by atoms with Crippen molar-refractivity contribution >= 4 is 35.0 Å². The number of fused-ring (bicyclic) bond motifs is 1. The topological polar surface area (TPSA) is 57.6 Å². The Morgan fingerprint density at radius 2 is 2.30 bits per heavy atom. The second kappa shape index (κ2) is 5.07. The molecule has 1 N–H and O–H groups in total. The van der Waals surface area contributed by atoms with Crippen LogP contribution in [-0.2, 0) is 16.0 Å². The van der Waals surface area contributed by atoms with Gasteiger partial charge in [0.15, 0.2) is 6.04 Å². The Labute approximate surface area is 126 Å². The average molecular weight is 311 g/mol. The maximum absolute atomic E-state index is 12.8. The second-order valence-electron chi connectivity index (χ2n) is 5.47. The molecule has 3 heterocycles.